The van der Waals surface area contributed by atoms with Gasteiger partial charge in [0, 0.05) is 12.2 Å². The summed E-state index contributed by atoms with van der Waals surface area (Å²) >= 11 is 0. The van der Waals surface area contributed by atoms with Gasteiger partial charge in [0.2, 0.25) is 11.8 Å². The largest absolute Gasteiger partial charge is 0.368 e. The Balaban J connectivity index is 3.06. The topological polar surface area (TPSA) is 128 Å². The van der Waals surface area contributed by atoms with Gasteiger partial charge in [0.25, 0.3) is 0 Å². The van der Waals surface area contributed by atoms with Crippen LogP contribution in [0.25, 0.3) is 0 Å². The molecule has 6 N–H and O–H groups in total. The Hall–Kier alpha value is -2.15. The van der Waals surface area contributed by atoms with Crippen LogP contribution in [0.3, 0.4) is 0 Å². The van der Waals surface area contributed by atoms with Crippen LogP contribution in [-0.4, -0.2) is 29.9 Å². The summed E-state index contributed by atoms with van der Waals surface area (Å²) < 4.78 is 0. The molecule has 0 saturated heterocycles. The highest BCUT2D eigenvalue weighted by Gasteiger charge is 2.14. The Morgan fingerprint density at radius 3 is 2.22 bits per heavy atom. The maximum Gasteiger partial charge on any atom is 0.237 e. The number of hydrogen-bond donors (Lipinski definition) is 3. The number of primary amides is 2. The fraction of sp³-hybridized carbons (Fsp3) is 0.364. The average molecular weight is 251 g/mol. The second kappa shape index (κ2) is 5.97. The molecule has 0 bridgehead atoms. The molecule has 1 rings (SSSR count). The quantitative estimate of drug-likeness (QED) is 0.574. The predicted molar refractivity (Wildman–Crippen MR) is 67.5 cm³/mol. The van der Waals surface area contributed by atoms with Crippen molar-refractivity contribution in [2.75, 3.05) is 18.0 Å². The number of aromatic nitrogens is 1. The van der Waals surface area contributed by atoms with Crippen molar-refractivity contribution in [2.45, 2.75) is 13.5 Å². The molecule has 0 radical (unpaired) electrons. The summed E-state index contributed by atoms with van der Waals surface area (Å²) in [6.45, 7) is 1.90. The van der Waals surface area contributed by atoms with Crippen LogP contribution in [0.4, 0.5) is 5.82 Å². The van der Waals surface area contributed by atoms with Gasteiger partial charge >= 0.3 is 0 Å². The summed E-state index contributed by atoms with van der Waals surface area (Å²) in [7, 11) is 0. The summed E-state index contributed by atoms with van der Waals surface area (Å²) in [4.78, 5) is 27.6. The van der Waals surface area contributed by atoms with Crippen molar-refractivity contribution < 1.29 is 9.59 Å². The minimum absolute atomic E-state index is 0.122. The number of carbonyl (C=O) groups excluding carboxylic acids is 2. The van der Waals surface area contributed by atoms with E-state index in [1.54, 1.807) is 13.0 Å². The molecule has 0 aliphatic carbocycles. The van der Waals surface area contributed by atoms with Crippen LogP contribution in [0.2, 0.25) is 0 Å². The molecule has 0 aromatic carbocycles. The van der Waals surface area contributed by atoms with E-state index in [0.29, 0.717) is 12.4 Å². The van der Waals surface area contributed by atoms with Gasteiger partial charge in [-0.05, 0) is 24.6 Å². The van der Waals surface area contributed by atoms with Gasteiger partial charge in [-0.15, -0.1) is 0 Å². The van der Waals surface area contributed by atoms with Crippen LogP contribution in [-0.2, 0) is 16.1 Å². The average Bonchev–Trinajstić information content (AvgIpc) is 2.26. The lowest BCUT2D eigenvalue weighted by atomic mass is 10.2. The lowest BCUT2D eigenvalue weighted by Crippen LogP contribution is -2.40. The SMILES string of the molecule is Cc1cc(CN)cc(N(CC(N)=O)CC(N)=O)n1. The summed E-state index contributed by atoms with van der Waals surface area (Å²) in [6.07, 6.45) is 0. The molecule has 0 aliphatic rings. The number of rotatable bonds is 6. The van der Waals surface area contributed by atoms with E-state index in [4.69, 9.17) is 17.2 Å². The van der Waals surface area contributed by atoms with E-state index in [1.165, 1.54) is 4.90 Å². The highest BCUT2D eigenvalue weighted by Crippen LogP contribution is 2.14. The predicted octanol–water partition coefficient (Wildman–Crippen LogP) is -1.37. The number of anilines is 1. The molecule has 1 aromatic heterocycles. The summed E-state index contributed by atoms with van der Waals surface area (Å²) in [5, 5.41) is 0. The normalized spacial score (nSPS) is 10.1. The number of nitrogens with zero attached hydrogens (tertiary/aromatic N) is 2. The molecular formula is C11H17N5O2. The lowest BCUT2D eigenvalue weighted by Gasteiger charge is -2.21. The molecule has 0 fully saturated rings. The number of aryl methyl sites for hydroxylation is 1. The van der Waals surface area contributed by atoms with Gasteiger partial charge in [0.15, 0.2) is 0 Å². The Bertz CT molecular complexity index is 445. The number of hydrogen-bond acceptors (Lipinski definition) is 5. The molecular weight excluding hydrogens is 234 g/mol. The van der Waals surface area contributed by atoms with Crippen LogP contribution in [0.1, 0.15) is 11.3 Å². The maximum absolute atomic E-state index is 11.0. The highest BCUT2D eigenvalue weighted by atomic mass is 16.2. The van der Waals surface area contributed by atoms with Crippen molar-refractivity contribution in [2.24, 2.45) is 17.2 Å². The third kappa shape index (κ3) is 4.02. The summed E-state index contributed by atoms with van der Waals surface area (Å²) in [5.74, 6) is -0.657. The van der Waals surface area contributed by atoms with E-state index >= 15 is 0 Å². The first-order valence-electron chi connectivity index (χ1n) is 5.41. The van der Waals surface area contributed by atoms with E-state index in [0.717, 1.165) is 11.3 Å². The third-order valence-electron chi connectivity index (χ3n) is 2.25. The zero-order valence-electron chi connectivity index (χ0n) is 10.2. The van der Waals surface area contributed by atoms with E-state index in [1.807, 2.05) is 6.07 Å². The van der Waals surface area contributed by atoms with Crippen molar-refractivity contribution in [3.63, 3.8) is 0 Å². The number of pyridine rings is 1. The molecule has 1 aromatic rings. The molecule has 2 amide bonds. The van der Waals surface area contributed by atoms with Gasteiger partial charge in [0.05, 0.1) is 13.1 Å². The molecule has 18 heavy (non-hydrogen) atoms. The zero-order valence-corrected chi connectivity index (χ0v) is 10.2. The molecule has 7 nitrogen and oxygen atoms in total. The van der Waals surface area contributed by atoms with Crippen molar-refractivity contribution in [3.05, 3.63) is 23.4 Å². The molecule has 0 atom stereocenters. The molecule has 0 aliphatic heterocycles. The van der Waals surface area contributed by atoms with Gasteiger partial charge < -0.3 is 22.1 Å². The van der Waals surface area contributed by atoms with Crippen LogP contribution >= 0.6 is 0 Å². The van der Waals surface area contributed by atoms with Crippen LogP contribution < -0.4 is 22.1 Å². The van der Waals surface area contributed by atoms with Crippen molar-refractivity contribution in [1.82, 2.24) is 4.98 Å². The monoisotopic (exact) mass is 251 g/mol. The van der Waals surface area contributed by atoms with Crippen molar-refractivity contribution in [3.8, 4) is 0 Å². The van der Waals surface area contributed by atoms with Gasteiger partial charge in [-0.2, -0.15) is 0 Å². The summed E-state index contributed by atoms with van der Waals surface area (Å²) in [6, 6.07) is 3.54. The lowest BCUT2D eigenvalue weighted by molar-refractivity contribution is -0.117. The first kappa shape index (κ1) is 13.9. The molecule has 0 saturated carbocycles. The Labute approximate surface area is 105 Å². The second-order valence-corrected chi connectivity index (χ2v) is 3.97. The van der Waals surface area contributed by atoms with Crippen molar-refractivity contribution in [1.29, 1.82) is 0 Å². The number of amides is 2. The van der Waals surface area contributed by atoms with Crippen LogP contribution in [0, 0.1) is 6.92 Å². The first-order chi connectivity index (χ1) is 8.42. The summed E-state index contributed by atoms with van der Waals surface area (Å²) in [5.41, 5.74) is 17.4. The molecule has 1 heterocycles. The fourth-order valence-corrected chi connectivity index (χ4v) is 1.60. The highest BCUT2D eigenvalue weighted by molar-refractivity contribution is 5.84. The molecule has 0 unspecified atom stereocenters. The minimum Gasteiger partial charge on any atom is -0.368 e. The van der Waals surface area contributed by atoms with Gasteiger partial charge in [-0.3, -0.25) is 9.59 Å². The smallest absolute Gasteiger partial charge is 0.237 e. The fourth-order valence-electron chi connectivity index (χ4n) is 1.60. The minimum atomic E-state index is -0.561. The molecule has 7 heteroatoms. The van der Waals surface area contributed by atoms with E-state index < -0.39 is 11.8 Å². The standard InChI is InChI=1S/C11H17N5O2/c1-7-2-8(4-12)3-11(15-7)16(5-9(13)17)6-10(14)18/h2-3H,4-6,12H2,1H3,(H2,13,17)(H2,14,18). The molecule has 98 valence electrons. The van der Waals surface area contributed by atoms with Crippen molar-refractivity contribution >= 4 is 17.6 Å². The van der Waals surface area contributed by atoms with Gasteiger partial charge in [-0.25, -0.2) is 4.98 Å². The Morgan fingerprint density at radius 2 is 1.78 bits per heavy atom. The first-order valence-corrected chi connectivity index (χ1v) is 5.41. The second-order valence-electron chi connectivity index (χ2n) is 3.97. The van der Waals surface area contributed by atoms with Gasteiger partial charge in [0.1, 0.15) is 5.82 Å². The van der Waals surface area contributed by atoms with Gasteiger partial charge in [-0.1, -0.05) is 0 Å². The van der Waals surface area contributed by atoms with E-state index in [-0.39, 0.29) is 13.1 Å². The van der Waals surface area contributed by atoms with Crippen LogP contribution in [0.15, 0.2) is 12.1 Å². The third-order valence-corrected chi connectivity index (χ3v) is 2.25. The number of nitrogens with two attached hydrogens (primary N) is 3. The molecule has 0 spiro atoms. The van der Waals surface area contributed by atoms with E-state index in [9.17, 15) is 9.59 Å². The van der Waals surface area contributed by atoms with Crippen LogP contribution in [0.5, 0.6) is 0 Å². The zero-order chi connectivity index (χ0) is 13.7. The Kier molecular flexibility index (Phi) is 4.61. The van der Waals surface area contributed by atoms with E-state index in [2.05, 4.69) is 4.98 Å². The maximum atomic E-state index is 11.0. The number of carbonyl (C=O) groups is 2. The Morgan fingerprint density at radius 1 is 1.22 bits per heavy atom.